The normalized spacial score (nSPS) is 11.2. The van der Waals surface area contributed by atoms with Crippen LogP contribution in [0.15, 0.2) is 36.4 Å². The van der Waals surface area contributed by atoms with Crippen LogP contribution in [0.1, 0.15) is 39.7 Å². The van der Waals surface area contributed by atoms with E-state index in [1.54, 1.807) is 0 Å². The number of hydrogen-bond acceptors (Lipinski definition) is 1. The van der Waals surface area contributed by atoms with Crippen LogP contribution in [0.2, 0.25) is 0 Å². The zero-order chi connectivity index (χ0) is 12.2. The zero-order valence-electron chi connectivity index (χ0n) is 10.8. The first-order valence-corrected chi connectivity index (χ1v) is 5.78. The van der Waals surface area contributed by atoms with Crippen LogP contribution < -0.4 is 4.74 Å². The van der Waals surface area contributed by atoms with E-state index in [9.17, 15) is 0 Å². The molecule has 0 heterocycles. The highest BCUT2D eigenvalue weighted by Crippen LogP contribution is 2.30. The molecule has 0 saturated heterocycles. The van der Waals surface area contributed by atoms with Crippen molar-refractivity contribution in [2.75, 3.05) is 6.61 Å². The Bertz CT molecular complexity index is 358. The van der Waals surface area contributed by atoms with Crippen molar-refractivity contribution in [2.24, 2.45) is 0 Å². The average molecular weight is 218 g/mol. The van der Waals surface area contributed by atoms with Gasteiger partial charge in [-0.2, -0.15) is 0 Å². The van der Waals surface area contributed by atoms with Crippen molar-refractivity contribution >= 4 is 0 Å². The molecule has 1 aromatic rings. The van der Waals surface area contributed by atoms with Gasteiger partial charge in [-0.3, -0.25) is 0 Å². The molecule has 0 fully saturated rings. The highest BCUT2D eigenvalue weighted by Gasteiger charge is 2.17. The van der Waals surface area contributed by atoms with Crippen LogP contribution in [0.3, 0.4) is 0 Å². The minimum Gasteiger partial charge on any atom is -0.493 e. The molecule has 1 rings (SSSR count). The minimum atomic E-state index is 0.125. The maximum atomic E-state index is 5.81. The Morgan fingerprint density at radius 1 is 1.25 bits per heavy atom. The monoisotopic (exact) mass is 218 g/mol. The average Bonchev–Trinajstić information content (AvgIpc) is 2.16. The molecule has 0 aliphatic carbocycles. The summed E-state index contributed by atoms with van der Waals surface area (Å²) in [6.45, 7) is 13.2. The second-order valence-electron chi connectivity index (χ2n) is 5.30. The van der Waals surface area contributed by atoms with E-state index in [4.69, 9.17) is 4.74 Å². The summed E-state index contributed by atoms with van der Waals surface area (Å²) in [4.78, 5) is 0. The molecule has 1 heteroatoms. The summed E-state index contributed by atoms with van der Waals surface area (Å²) in [7, 11) is 0. The van der Waals surface area contributed by atoms with Crippen LogP contribution >= 0.6 is 0 Å². The molecule has 0 radical (unpaired) electrons. The zero-order valence-corrected chi connectivity index (χ0v) is 10.8. The van der Waals surface area contributed by atoms with Gasteiger partial charge >= 0.3 is 0 Å². The third-order valence-electron chi connectivity index (χ3n) is 2.48. The Morgan fingerprint density at radius 3 is 2.44 bits per heavy atom. The molecule has 88 valence electrons. The summed E-state index contributed by atoms with van der Waals surface area (Å²) in [6, 6.07) is 8.26. The van der Waals surface area contributed by atoms with E-state index in [2.05, 4.69) is 39.5 Å². The topological polar surface area (TPSA) is 9.23 Å². The molecular weight excluding hydrogens is 196 g/mol. The smallest absolute Gasteiger partial charge is 0.123 e. The first-order chi connectivity index (χ1) is 7.41. The van der Waals surface area contributed by atoms with Crippen LogP contribution in [0.25, 0.3) is 0 Å². The predicted molar refractivity (Wildman–Crippen MR) is 70.1 cm³/mol. The Labute approximate surface area is 99.1 Å². The van der Waals surface area contributed by atoms with E-state index in [0.29, 0.717) is 6.61 Å². The summed E-state index contributed by atoms with van der Waals surface area (Å²) in [5, 5.41) is 0. The molecule has 0 atom stereocenters. The lowest BCUT2D eigenvalue weighted by molar-refractivity contribution is 0.312. The van der Waals surface area contributed by atoms with Crippen LogP contribution in [-0.2, 0) is 5.41 Å². The van der Waals surface area contributed by atoms with Gasteiger partial charge in [0.05, 0.1) is 6.61 Å². The molecule has 1 nitrogen and oxygen atoms in total. The molecule has 1 aromatic carbocycles. The largest absolute Gasteiger partial charge is 0.493 e. The van der Waals surface area contributed by atoms with Crippen molar-refractivity contribution in [2.45, 2.75) is 39.5 Å². The van der Waals surface area contributed by atoms with Crippen molar-refractivity contribution in [3.05, 3.63) is 42.0 Å². The summed E-state index contributed by atoms with van der Waals surface area (Å²) in [6.07, 6.45) is 0.915. The minimum absolute atomic E-state index is 0.125. The molecule has 0 aromatic heterocycles. The van der Waals surface area contributed by atoms with Crippen molar-refractivity contribution in [3.63, 3.8) is 0 Å². The lowest BCUT2D eigenvalue weighted by Crippen LogP contribution is -2.13. The summed E-state index contributed by atoms with van der Waals surface area (Å²) in [5.41, 5.74) is 2.55. The number of para-hydroxylation sites is 1. The Balaban J connectivity index is 2.76. The highest BCUT2D eigenvalue weighted by atomic mass is 16.5. The number of ether oxygens (including phenoxy) is 1. The fourth-order valence-corrected chi connectivity index (χ4v) is 1.55. The third-order valence-corrected chi connectivity index (χ3v) is 2.48. The van der Waals surface area contributed by atoms with Gasteiger partial charge in [-0.05, 0) is 24.0 Å². The van der Waals surface area contributed by atoms with Crippen LogP contribution in [-0.4, -0.2) is 6.61 Å². The fourth-order valence-electron chi connectivity index (χ4n) is 1.55. The van der Waals surface area contributed by atoms with Crippen molar-refractivity contribution in [3.8, 4) is 5.75 Å². The van der Waals surface area contributed by atoms with Crippen LogP contribution in [0.5, 0.6) is 5.75 Å². The molecule has 0 aliphatic rings. The van der Waals surface area contributed by atoms with Gasteiger partial charge in [0.1, 0.15) is 5.75 Å². The maximum Gasteiger partial charge on any atom is 0.123 e. The molecule has 16 heavy (non-hydrogen) atoms. The number of rotatable bonds is 4. The Kier molecular flexibility index (Phi) is 4.17. The van der Waals surface area contributed by atoms with Crippen molar-refractivity contribution < 1.29 is 4.74 Å². The maximum absolute atomic E-state index is 5.81. The third kappa shape index (κ3) is 3.73. The van der Waals surface area contributed by atoms with Crippen molar-refractivity contribution in [1.29, 1.82) is 0 Å². The van der Waals surface area contributed by atoms with E-state index in [0.717, 1.165) is 17.7 Å². The van der Waals surface area contributed by atoms with E-state index >= 15 is 0 Å². The summed E-state index contributed by atoms with van der Waals surface area (Å²) >= 11 is 0. The molecule has 0 amide bonds. The molecule has 0 spiro atoms. The van der Waals surface area contributed by atoms with Gasteiger partial charge in [-0.1, -0.05) is 44.5 Å². The first kappa shape index (κ1) is 12.8. The van der Waals surface area contributed by atoms with E-state index < -0.39 is 0 Å². The second-order valence-corrected chi connectivity index (χ2v) is 5.30. The highest BCUT2D eigenvalue weighted by molar-refractivity contribution is 5.38. The van der Waals surface area contributed by atoms with Crippen LogP contribution in [0.4, 0.5) is 0 Å². The lowest BCUT2D eigenvalue weighted by atomic mass is 9.86. The van der Waals surface area contributed by atoms with E-state index in [1.807, 2.05) is 19.1 Å². The van der Waals surface area contributed by atoms with Gasteiger partial charge < -0.3 is 4.74 Å². The number of benzene rings is 1. The predicted octanol–water partition coefficient (Wildman–Crippen LogP) is 4.33. The second kappa shape index (κ2) is 5.20. The molecule has 0 unspecified atom stereocenters. The van der Waals surface area contributed by atoms with E-state index in [1.165, 1.54) is 5.56 Å². The molecule has 0 aliphatic heterocycles. The fraction of sp³-hybridized carbons (Fsp3) is 0.467. The molecule has 0 bridgehead atoms. The SMILES string of the molecule is C=C(C)CCOc1ccccc1C(C)(C)C. The van der Waals surface area contributed by atoms with Gasteiger partial charge in [0, 0.05) is 6.42 Å². The quantitative estimate of drug-likeness (QED) is 0.683. The summed E-state index contributed by atoms with van der Waals surface area (Å²) in [5.74, 6) is 0.997. The van der Waals surface area contributed by atoms with Gasteiger partial charge in [0.25, 0.3) is 0 Å². The molecule has 0 N–H and O–H groups in total. The molecular formula is C15H22O. The van der Waals surface area contributed by atoms with Gasteiger partial charge in [0.15, 0.2) is 0 Å². The first-order valence-electron chi connectivity index (χ1n) is 5.78. The summed E-state index contributed by atoms with van der Waals surface area (Å²) < 4.78 is 5.81. The van der Waals surface area contributed by atoms with Gasteiger partial charge in [-0.25, -0.2) is 0 Å². The Morgan fingerprint density at radius 2 is 1.88 bits per heavy atom. The Hall–Kier alpha value is -1.24. The van der Waals surface area contributed by atoms with Crippen molar-refractivity contribution in [1.82, 2.24) is 0 Å². The lowest BCUT2D eigenvalue weighted by Gasteiger charge is -2.22. The standard InChI is InChI=1S/C15H22O/c1-12(2)10-11-16-14-9-7-6-8-13(14)15(3,4)5/h6-9H,1,10-11H2,2-5H3. The van der Waals surface area contributed by atoms with Gasteiger partial charge in [0.2, 0.25) is 0 Å². The molecule has 0 saturated carbocycles. The van der Waals surface area contributed by atoms with Gasteiger partial charge in [-0.15, -0.1) is 6.58 Å². The van der Waals surface area contributed by atoms with Crippen LogP contribution in [0, 0.1) is 0 Å². The number of hydrogen-bond donors (Lipinski definition) is 0. The van der Waals surface area contributed by atoms with E-state index in [-0.39, 0.29) is 5.41 Å².